The van der Waals surface area contributed by atoms with Gasteiger partial charge in [0.1, 0.15) is 0 Å². The van der Waals surface area contributed by atoms with Crippen molar-refractivity contribution in [1.82, 2.24) is 10.3 Å². The largest absolute Gasteiger partial charge is 0.306 e. The zero-order valence-corrected chi connectivity index (χ0v) is 11.1. The number of aryl methyl sites for hydroxylation is 1. The van der Waals surface area contributed by atoms with Gasteiger partial charge in [-0.15, -0.1) is 11.3 Å². The van der Waals surface area contributed by atoms with E-state index >= 15 is 0 Å². The van der Waals surface area contributed by atoms with Crippen LogP contribution in [-0.2, 0) is 0 Å². The van der Waals surface area contributed by atoms with E-state index in [-0.39, 0.29) is 0 Å². The first-order valence-electron chi connectivity index (χ1n) is 6.01. The topological polar surface area (TPSA) is 24.9 Å². The number of aromatic nitrogens is 1. The zero-order chi connectivity index (χ0) is 12.1. The summed E-state index contributed by atoms with van der Waals surface area (Å²) >= 11 is 1.86. The number of nitrogens with one attached hydrogen (secondary N) is 1. The van der Waals surface area contributed by atoms with E-state index in [0.29, 0.717) is 6.04 Å². The average Bonchev–Trinajstić information content (AvgIpc) is 2.78. The van der Waals surface area contributed by atoms with Gasteiger partial charge in [-0.05, 0) is 49.7 Å². The van der Waals surface area contributed by atoms with E-state index in [0.717, 1.165) is 13.0 Å². The van der Waals surface area contributed by atoms with Gasteiger partial charge >= 0.3 is 0 Å². The van der Waals surface area contributed by atoms with Gasteiger partial charge in [-0.25, -0.2) is 0 Å². The summed E-state index contributed by atoms with van der Waals surface area (Å²) in [5, 5.41) is 3.60. The fourth-order valence-corrected chi connectivity index (χ4v) is 2.82. The van der Waals surface area contributed by atoms with E-state index in [4.69, 9.17) is 0 Å². The highest BCUT2D eigenvalue weighted by Crippen LogP contribution is 2.27. The van der Waals surface area contributed by atoms with Gasteiger partial charge in [0, 0.05) is 22.1 Å². The lowest BCUT2D eigenvalue weighted by atomic mass is 10.1. The van der Waals surface area contributed by atoms with Gasteiger partial charge in [0.25, 0.3) is 0 Å². The predicted octanol–water partition coefficient (Wildman–Crippen LogP) is 3.54. The Kier molecular flexibility index (Phi) is 4.29. The van der Waals surface area contributed by atoms with Crippen molar-refractivity contribution in [2.45, 2.75) is 26.3 Å². The van der Waals surface area contributed by atoms with E-state index in [1.165, 1.54) is 15.3 Å². The Morgan fingerprint density at radius 3 is 2.59 bits per heavy atom. The Hall–Kier alpha value is -1.19. The molecule has 2 nitrogen and oxygen atoms in total. The summed E-state index contributed by atoms with van der Waals surface area (Å²) < 4.78 is 0. The van der Waals surface area contributed by atoms with Crippen LogP contribution in [0.25, 0.3) is 0 Å². The number of pyridine rings is 1. The van der Waals surface area contributed by atoms with Crippen LogP contribution in [0.2, 0.25) is 0 Å². The van der Waals surface area contributed by atoms with Gasteiger partial charge in [0.15, 0.2) is 0 Å². The molecule has 0 aliphatic heterocycles. The van der Waals surface area contributed by atoms with Crippen LogP contribution in [0.3, 0.4) is 0 Å². The van der Waals surface area contributed by atoms with E-state index in [1.807, 2.05) is 23.7 Å². The molecule has 0 saturated carbocycles. The molecule has 2 aromatic heterocycles. The van der Waals surface area contributed by atoms with Crippen LogP contribution >= 0.6 is 11.3 Å². The maximum Gasteiger partial charge on any atom is 0.0672 e. The highest BCUT2D eigenvalue weighted by atomic mass is 32.1. The maximum atomic E-state index is 4.08. The third-order valence-electron chi connectivity index (χ3n) is 2.68. The lowest BCUT2D eigenvalue weighted by Crippen LogP contribution is -2.22. The van der Waals surface area contributed by atoms with Gasteiger partial charge in [-0.2, -0.15) is 0 Å². The molecule has 0 bridgehead atoms. The molecule has 0 spiro atoms. The third kappa shape index (κ3) is 3.14. The molecule has 0 aliphatic rings. The Morgan fingerprint density at radius 2 is 2.00 bits per heavy atom. The first kappa shape index (κ1) is 12.3. The lowest BCUT2D eigenvalue weighted by Gasteiger charge is -2.17. The van der Waals surface area contributed by atoms with Crippen molar-refractivity contribution in [1.29, 1.82) is 0 Å². The molecule has 2 rings (SSSR count). The SMILES string of the molecule is CCCNC(c1ccncc1)c1ccc(C)s1. The summed E-state index contributed by atoms with van der Waals surface area (Å²) in [6.07, 6.45) is 4.86. The molecular formula is C14H18N2S. The monoisotopic (exact) mass is 246 g/mol. The first-order valence-corrected chi connectivity index (χ1v) is 6.82. The minimum Gasteiger partial charge on any atom is -0.306 e. The van der Waals surface area contributed by atoms with Crippen LogP contribution in [0.15, 0.2) is 36.7 Å². The number of hydrogen-bond acceptors (Lipinski definition) is 3. The molecule has 0 saturated heterocycles. The van der Waals surface area contributed by atoms with Crippen molar-refractivity contribution in [3.05, 3.63) is 52.0 Å². The fourth-order valence-electron chi connectivity index (χ4n) is 1.84. The number of hydrogen-bond donors (Lipinski definition) is 1. The fraction of sp³-hybridized carbons (Fsp3) is 0.357. The summed E-state index contributed by atoms with van der Waals surface area (Å²) in [6.45, 7) is 5.37. The normalized spacial score (nSPS) is 12.6. The number of nitrogens with zero attached hydrogens (tertiary/aromatic N) is 1. The summed E-state index contributed by atoms with van der Waals surface area (Å²) in [5.41, 5.74) is 1.29. The quantitative estimate of drug-likeness (QED) is 0.873. The van der Waals surface area contributed by atoms with Crippen LogP contribution in [0.1, 0.15) is 34.7 Å². The minimum atomic E-state index is 0.302. The highest BCUT2D eigenvalue weighted by molar-refractivity contribution is 7.12. The first-order chi connectivity index (χ1) is 8.31. The molecule has 0 aliphatic carbocycles. The zero-order valence-electron chi connectivity index (χ0n) is 10.3. The Bertz CT molecular complexity index is 450. The molecule has 0 radical (unpaired) electrons. The van der Waals surface area contributed by atoms with Crippen molar-refractivity contribution in [3.8, 4) is 0 Å². The molecular weight excluding hydrogens is 228 g/mol. The van der Waals surface area contributed by atoms with Crippen LogP contribution < -0.4 is 5.32 Å². The maximum absolute atomic E-state index is 4.08. The van der Waals surface area contributed by atoms with Gasteiger partial charge in [0.05, 0.1) is 6.04 Å². The van der Waals surface area contributed by atoms with E-state index in [9.17, 15) is 0 Å². The molecule has 90 valence electrons. The van der Waals surface area contributed by atoms with Crippen LogP contribution in [0.4, 0.5) is 0 Å². The van der Waals surface area contributed by atoms with E-state index < -0.39 is 0 Å². The molecule has 17 heavy (non-hydrogen) atoms. The van der Waals surface area contributed by atoms with Crippen molar-refractivity contribution in [3.63, 3.8) is 0 Å². The van der Waals surface area contributed by atoms with Gasteiger partial charge in [-0.1, -0.05) is 6.92 Å². The third-order valence-corrected chi connectivity index (χ3v) is 3.75. The van der Waals surface area contributed by atoms with Crippen LogP contribution in [0, 0.1) is 6.92 Å². The summed E-state index contributed by atoms with van der Waals surface area (Å²) in [5.74, 6) is 0. The van der Waals surface area contributed by atoms with Gasteiger partial charge in [0.2, 0.25) is 0 Å². The molecule has 3 heteroatoms. The second-order valence-electron chi connectivity index (χ2n) is 4.12. The van der Waals surface area contributed by atoms with Crippen molar-refractivity contribution in [2.75, 3.05) is 6.54 Å². The molecule has 1 unspecified atom stereocenters. The lowest BCUT2D eigenvalue weighted by molar-refractivity contribution is 0.605. The molecule has 0 aromatic carbocycles. The summed E-state index contributed by atoms with van der Waals surface area (Å²) in [6, 6.07) is 8.87. The van der Waals surface area contributed by atoms with Gasteiger partial charge < -0.3 is 5.32 Å². The van der Waals surface area contributed by atoms with Crippen LogP contribution in [-0.4, -0.2) is 11.5 Å². The second kappa shape index (κ2) is 5.94. The molecule has 2 heterocycles. The number of thiophene rings is 1. The molecule has 1 atom stereocenters. The summed E-state index contributed by atoms with van der Waals surface area (Å²) in [7, 11) is 0. The molecule has 2 aromatic rings. The van der Waals surface area contributed by atoms with Gasteiger partial charge in [-0.3, -0.25) is 4.98 Å². The Morgan fingerprint density at radius 1 is 1.24 bits per heavy atom. The second-order valence-corrected chi connectivity index (χ2v) is 5.44. The molecule has 0 fully saturated rings. The summed E-state index contributed by atoms with van der Waals surface area (Å²) in [4.78, 5) is 6.82. The van der Waals surface area contributed by atoms with E-state index in [1.54, 1.807) is 0 Å². The highest BCUT2D eigenvalue weighted by Gasteiger charge is 2.14. The standard InChI is InChI=1S/C14H18N2S/c1-3-8-16-14(12-6-9-15-10-7-12)13-5-4-11(2)17-13/h4-7,9-10,14,16H,3,8H2,1-2H3. The molecule has 0 amide bonds. The Balaban J connectivity index is 2.25. The minimum absolute atomic E-state index is 0.302. The number of rotatable bonds is 5. The smallest absolute Gasteiger partial charge is 0.0672 e. The molecule has 1 N–H and O–H groups in total. The van der Waals surface area contributed by atoms with Crippen molar-refractivity contribution in [2.24, 2.45) is 0 Å². The van der Waals surface area contributed by atoms with Crippen molar-refractivity contribution < 1.29 is 0 Å². The van der Waals surface area contributed by atoms with E-state index in [2.05, 4.69) is 48.4 Å². The van der Waals surface area contributed by atoms with Crippen molar-refractivity contribution >= 4 is 11.3 Å². The van der Waals surface area contributed by atoms with Crippen LogP contribution in [0.5, 0.6) is 0 Å². The predicted molar refractivity (Wildman–Crippen MR) is 73.4 cm³/mol. The Labute approximate surface area is 107 Å². The average molecular weight is 246 g/mol.